The van der Waals surface area contributed by atoms with Gasteiger partial charge in [0, 0.05) is 22.7 Å². The third-order valence-corrected chi connectivity index (χ3v) is 4.08. The zero-order valence-electron chi connectivity index (χ0n) is 12.6. The van der Waals surface area contributed by atoms with E-state index >= 15 is 0 Å². The average molecular weight is 307 g/mol. The monoisotopic (exact) mass is 307 g/mol. The van der Waals surface area contributed by atoms with Gasteiger partial charge in [0.2, 0.25) is 0 Å². The maximum absolute atomic E-state index is 5.92. The number of thioether (sulfide) groups is 1. The van der Waals surface area contributed by atoms with E-state index in [0.717, 1.165) is 22.8 Å². The number of ether oxygens (including phenoxy) is 1. The van der Waals surface area contributed by atoms with Crippen LogP contribution in [0.2, 0.25) is 0 Å². The van der Waals surface area contributed by atoms with Gasteiger partial charge in [-0.15, -0.1) is 11.8 Å². The molecule has 0 radical (unpaired) electrons. The Balaban J connectivity index is 1.84. The molecular weight excluding hydrogens is 290 g/mol. The Bertz CT molecular complexity index is 768. The number of benzene rings is 2. The Hall–Kier alpha value is -2.26. The lowest BCUT2D eigenvalue weighted by molar-refractivity contribution is 0.482. The highest BCUT2D eigenvalue weighted by atomic mass is 32.2. The summed E-state index contributed by atoms with van der Waals surface area (Å²) in [7, 11) is 0. The molecule has 0 aliphatic rings. The predicted octanol–water partition coefficient (Wildman–Crippen LogP) is 5.57. The first-order chi connectivity index (χ1) is 10.7. The number of aromatic nitrogens is 1. The summed E-state index contributed by atoms with van der Waals surface area (Å²) < 4.78 is 5.92. The maximum Gasteiger partial charge on any atom is 0.131 e. The van der Waals surface area contributed by atoms with Crippen LogP contribution in [0.15, 0.2) is 71.8 Å². The van der Waals surface area contributed by atoms with Gasteiger partial charge in [-0.1, -0.05) is 23.8 Å². The molecule has 2 nitrogen and oxygen atoms in total. The van der Waals surface area contributed by atoms with Crippen LogP contribution in [-0.2, 0) is 0 Å². The van der Waals surface area contributed by atoms with Crippen molar-refractivity contribution in [3.63, 3.8) is 0 Å². The second kappa shape index (κ2) is 6.67. The molecule has 3 aromatic rings. The van der Waals surface area contributed by atoms with Gasteiger partial charge in [0.05, 0.1) is 5.69 Å². The Morgan fingerprint density at radius 3 is 2.45 bits per heavy atom. The predicted molar refractivity (Wildman–Crippen MR) is 92.7 cm³/mol. The lowest BCUT2D eigenvalue weighted by Gasteiger charge is -2.08. The third kappa shape index (κ3) is 3.49. The Morgan fingerprint density at radius 2 is 1.73 bits per heavy atom. The van der Waals surface area contributed by atoms with Crippen LogP contribution >= 0.6 is 11.8 Å². The van der Waals surface area contributed by atoms with Crippen LogP contribution in [0.3, 0.4) is 0 Å². The van der Waals surface area contributed by atoms with Crippen molar-refractivity contribution < 1.29 is 4.74 Å². The van der Waals surface area contributed by atoms with Crippen LogP contribution in [0.4, 0.5) is 0 Å². The minimum absolute atomic E-state index is 0.795. The van der Waals surface area contributed by atoms with E-state index in [1.165, 1.54) is 10.5 Å². The second-order valence-electron chi connectivity index (χ2n) is 5.02. The summed E-state index contributed by atoms with van der Waals surface area (Å²) in [6, 6.07) is 20.2. The Kier molecular flexibility index (Phi) is 4.45. The summed E-state index contributed by atoms with van der Waals surface area (Å²) >= 11 is 1.72. The van der Waals surface area contributed by atoms with Gasteiger partial charge in [-0.3, -0.25) is 4.98 Å². The van der Waals surface area contributed by atoms with Gasteiger partial charge in [0.15, 0.2) is 0 Å². The molecule has 0 amide bonds. The summed E-state index contributed by atoms with van der Waals surface area (Å²) in [6.45, 7) is 2.08. The summed E-state index contributed by atoms with van der Waals surface area (Å²) in [5.41, 5.74) is 3.24. The number of nitrogens with zero attached hydrogens (tertiary/aromatic N) is 1. The van der Waals surface area contributed by atoms with E-state index in [1.807, 2.05) is 30.3 Å². The summed E-state index contributed by atoms with van der Waals surface area (Å²) in [6.07, 6.45) is 3.84. The largest absolute Gasteiger partial charge is 0.457 e. The first-order valence-corrected chi connectivity index (χ1v) is 8.32. The minimum Gasteiger partial charge on any atom is -0.457 e. The zero-order valence-corrected chi connectivity index (χ0v) is 13.4. The molecule has 0 bridgehead atoms. The maximum atomic E-state index is 5.92. The standard InChI is InChI=1S/C19H17NOS/c1-14-4-3-5-15(12-14)19-13-17(10-11-20-19)21-16-6-8-18(22-2)9-7-16/h3-13H,1-2H3. The number of aryl methyl sites for hydroxylation is 1. The summed E-state index contributed by atoms with van der Waals surface area (Å²) in [4.78, 5) is 5.66. The van der Waals surface area contributed by atoms with Crippen molar-refractivity contribution in [3.05, 3.63) is 72.4 Å². The fourth-order valence-corrected chi connectivity index (χ4v) is 2.63. The van der Waals surface area contributed by atoms with Crippen molar-refractivity contribution in [2.75, 3.05) is 6.26 Å². The molecule has 0 atom stereocenters. The van der Waals surface area contributed by atoms with E-state index in [-0.39, 0.29) is 0 Å². The first-order valence-electron chi connectivity index (χ1n) is 7.09. The molecule has 0 aliphatic carbocycles. The van der Waals surface area contributed by atoms with Gasteiger partial charge in [0.25, 0.3) is 0 Å². The van der Waals surface area contributed by atoms with Crippen molar-refractivity contribution in [2.24, 2.45) is 0 Å². The zero-order chi connectivity index (χ0) is 15.4. The van der Waals surface area contributed by atoms with E-state index in [0.29, 0.717) is 0 Å². The molecule has 0 unspecified atom stereocenters. The van der Waals surface area contributed by atoms with Gasteiger partial charge < -0.3 is 4.74 Å². The first kappa shape index (κ1) is 14.7. The van der Waals surface area contributed by atoms with Crippen molar-refractivity contribution in [2.45, 2.75) is 11.8 Å². The van der Waals surface area contributed by atoms with Crippen LogP contribution < -0.4 is 4.74 Å². The SMILES string of the molecule is CSc1ccc(Oc2ccnc(-c3cccc(C)c3)c2)cc1. The Morgan fingerprint density at radius 1 is 0.909 bits per heavy atom. The van der Waals surface area contributed by atoms with Crippen molar-refractivity contribution >= 4 is 11.8 Å². The van der Waals surface area contributed by atoms with Gasteiger partial charge >= 0.3 is 0 Å². The van der Waals surface area contributed by atoms with Crippen LogP contribution in [-0.4, -0.2) is 11.2 Å². The van der Waals surface area contributed by atoms with Crippen LogP contribution in [0.1, 0.15) is 5.56 Å². The minimum atomic E-state index is 0.795. The molecule has 0 saturated carbocycles. The quantitative estimate of drug-likeness (QED) is 0.588. The lowest BCUT2D eigenvalue weighted by atomic mass is 10.1. The van der Waals surface area contributed by atoms with Crippen molar-refractivity contribution in [1.82, 2.24) is 4.98 Å². The van der Waals surface area contributed by atoms with Crippen LogP contribution in [0.25, 0.3) is 11.3 Å². The molecule has 0 fully saturated rings. The molecule has 0 N–H and O–H groups in total. The van der Waals surface area contributed by atoms with Crippen LogP contribution in [0.5, 0.6) is 11.5 Å². The van der Waals surface area contributed by atoms with E-state index in [1.54, 1.807) is 18.0 Å². The highest BCUT2D eigenvalue weighted by Gasteiger charge is 2.03. The molecule has 0 spiro atoms. The highest BCUT2D eigenvalue weighted by Crippen LogP contribution is 2.27. The van der Waals surface area contributed by atoms with Gasteiger partial charge in [0.1, 0.15) is 11.5 Å². The van der Waals surface area contributed by atoms with Crippen molar-refractivity contribution in [1.29, 1.82) is 0 Å². The van der Waals surface area contributed by atoms with E-state index < -0.39 is 0 Å². The van der Waals surface area contributed by atoms with E-state index in [2.05, 4.69) is 48.5 Å². The number of hydrogen-bond donors (Lipinski definition) is 0. The summed E-state index contributed by atoms with van der Waals surface area (Å²) in [5.74, 6) is 1.63. The third-order valence-electron chi connectivity index (χ3n) is 3.34. The average Bonchev–Trinajstić information content (AvgIpc) is 2.56. The Labute approximate surface area is 135 Å². The molecular formula is C19H17NOS. The van der Waals surface area contributed by atoms with E-state index in [9.17, 15) is 0 Å². The number of rotatable bonds is 4. The number of pyridine rings is 1. The molecule has 3 rings (SSSR count). The molecule has 110 valence electrons. The normalized spacial score (nSPS) is 10.5. The smallest absolute Gasteiger partial charge is 0.131 e. The van der Waals surface area contributed by atoms with E-state index in [4.69, 9.17) is 4.74 Å². The topological polar surface area (TPSA) is 22.1 Å². The van der Waals surface area contributed by atoms with Gasteiger partial charge in [-0.25, -0.2) is 0 Å². The molecule has 1 aromatic heterocycles. The van der Waals surface area contributed by atoms with Gasteiger partial charge in [-0.2, -0.15) is 0 Å². The van der Waals surface area contributed by atoms with Crippen LogP contribution in [0, 0.1) is 6.92 Å². The molecule has 0 aliphatic heterocycles. The summed E-state index contributed by atoms with van der Waals surface area (Å²) in [5, 5.41) is 0. The molecule has 3 heteroatoms. The fourth-order valence-electron chi connectivity index (χ4n) is 2.22. The fraction of sp³-hybridized carbons (Fsp3) is 0.105. The molecule has 2 aromatic carbocycles. The molecule has 1 heterocycles. The highest BCUT2D eigenvalue weighted by molar-refractivity contribution is 7.98. The van der Waals surface area contributed by atoms with Crippen molar-refractivity contribution in [3.8, 4) is 22.8 Å². The molecule has 22 heavy (non-hydrogen) atoms. The number of hydrogen-bond acceptors (Lipinski definition) is 3. The molecule has 0 saturated heterocycles. The lowest BCUT2D eigenvalue weighted by Crippen LogP contribution is -1.88. The second-order valence-corrected chi connectivity index (χ2v) is 5.90. The van der Waals surface area contributed by atoms with Gasteiger partial charge in [-0.05, 0) is 49.6 Å².